The Morgan fingerprint density at radius 3 is 2.89 bits per heavy atom. The number of amides is 2. The number of piperidine rings is 1. The Morgan fingerprint density at radius 2 is 2.14 bits per heavy atom. The molecule has 0 bridgehead atoms. The van der Waals surface area contributed by atoms with E-state index in [1.54, 1.807) is 9.80 Å². The van der Waals surface area contributed by atoms with E-state index >= 15 is 0 Å². The van der Waals surface area contributed by atoms with Crippen LogP contribution in [0.25, 0.3) is 11.3 Å². The summed E-state index contributed by atoms with van der Waals surface area (Å²) >= 11 is 0. The SMILES string of the molecule is C=CC(=O)N1CCC[C@@H](C(=O)N(C)CCCc2cc(-c3ccccc3)no2)C1. The molecule has 0 spiro atoms. The molecule has 2 amide bonds. The predicted octanol–water partition coefficient (Wildman–Crippen LogP) is 3.16. The second kappa shape index (κ2) is 9.35. The van der Waals surface area contributed by atoms with E-state index in [1.165, 1.54) is 6.08 Å². The number of hydrogen-bond acceptors (Lipinski definition) is 4. The zero-order chi connectivity index (χ0) is 19.9. The highest BCUT2D eigenvalue weighted by molar-refractivity contribution is 5.88. The Hall–Kier alpha value is -2.89. The minimum absolute atomic E-state index is 0.0975. The van der Waals surface area contributed by atoms with E-state index in [4.69, 9.17) is 4.52 Å². The molecule has 1 aromatic carbocycles. The van der Waals surface area contributed by atoms with Crippen molar-refractivity contribution in [3.8, 4) is 11.3 Å². The molecule has 2 heterocycles. The summed E-state index contributed by atoms with van der Waals surface area (Å²) in [5.74, 6) is 0.696. The van der Waals surface area contributed by atoms with Crippen LogP contribution >= 0.6 is 0 Å². The van der Waals surface area contributed by atoms with Crippen LogP contribution in [-0.4, -0.2) is 53.5 Å². The number of nitrogens with zero attached hydrogens (tertiary/aromatic N) is 3. The lowest BCUT2D eigenvalue weighted by molar-refractivity contribution is -0.138. The molecule has 3 rings (SSSR count). The minimum Gasteiger partial charge on any atom is -0.361 e. The molecule has 1 saturated heterocycles. The summed E-state index contributed by atoms with van der Waals surface area (Å²) in [6.45, 7) is 5.36. The summed E-state index contributed by atoms with van der Waals surface area (Å²) in [5, 5.41) is 4.12. The third kappa shape index (κ3) is 4.88. The summed E-state index contributed by atoms with van der Waals surface area (Å²) in [7, 11) is 1.83. The van der Waals surface area contributed by atoms with Crippen molar-refractivity contribution in [3.05, 3.63) is 54.8 Å². The Bertz CT molecular complexity index is 815. The molecule has 148 valence electrons. The van der Waals surface area contributed by atoms with Gasteiger partial charge in [0.1, 0.15) is 11.5 Å². The molecule has 0 N–H and O–H groups in total. The van der Waals surface area contributed by atoms with Gasteiger partial charge in [0.2, 0.25) is 11.8 Å². The number of carbonyl (C=O) groups is 2. The molecule has 1 aliphatic heterocycles. The van der Waals surface area contributed by atoms with Crippen LogP contribution in [0.1, 0.15) is 25.0 Å². The lowest BCUT2D eigenvalue weighted by Gasteiger charge is -2.33. The van der Waals surface area contributed by atoms with E-state index < -0.39 is 0 Å². The fourth-order valence-corrected chi connectivity index (χ4v) is 3.60. The maximum atomic E-state index is 12.7. The smallest absolute Gasteiger partial charge is 0.245 e. The number of rotatable bonds is 7. The summed E-state index contributed by atoms with van der Waals surface area (Å²) < 4.78 is 5.42. The van der Waals surface area contributed by atoms with Crippen LogP contribution in [0.2, 0.25) is 0 Å². The Morgan fingerprint density at radius 1 is 1.36 bits per heavy atom. The highest BCUT2D eigenvalue weighted by Crippen LogP contribution is 2.21. The van der Waals surface area contributed by atoms with Gasteiger partial charge in [-0.1, -0.05) is 42.1 Å². The first kappa shape index (κ1) is 19.9. The molecule has 0 aliphatic carbocycles. The lowest BCUT2D eigenvalue weighted by atomic mass is 9.96. The quantitative estimate of drug-likeness (QED) is 0.691. The van der Waals surface area contributed by atoms with Gasteiger partial charge >= 0.3 is 0 Å². The summed E-state index contributed by atoms with van der Waals surface area (Å²) in [4.78, 5) is 28.0. The summed E-state index contributed by atoms with van der Waals surface area (Å²) in [6, 6.07) is 11.9. The molecule has 0 radical (unpaired) electrons. The molecule has 0 unspecified atom stereocenters. The first-order valence-electron chi connectivity index (χ1n) is 9.76. The largest absolute Gasteiger partial charge is 0.361 e. The highest BCUT2D eigenvalue weighted by Gasteiger charge is 2.29. The van der Waals surface area contributed by atoms with Crippen molar-refractivity contribution >= 4 is 11.8 Å². The van der Waals surface area contributed by atoms with Gasteiger partial charge in [0, 0.05) is 44.7 Å². The van der Waals surface area contributed by atoms with E-state index in [0.29, 0.717) is 19.6 Å². The van der Waals surface area contributed by atoms with Gasteiger partial charge in [0.15, 0.2) is 0 Å². The molecule has 2 aromatic rings. The van der Waals surface area contributed by atoms with Gasteiger partial charge in [0.25, 0.3) is 0 Å². The van der Waals surface area contributed by atoms with Crippen LogP contribution in [0.4, 0.5) is 0 Å². The van der Waals surface area contributed by atoms with Crippen molar-refractivity contribution < 1.29 is 14.1 Å². The van der Waals surface area contributed by atoms with Crippen LogP contribution in [0.5, 0.6) is 0 Å². The topological polar surface area (TPSA) is 66.7 Å². The van der Waals surface area contributed by atoms with Crippen LogP contribution in [-0.2, 0) is 16.0 Å². The van der Waals surface area contributed by atoms with Crippen LogP contribution in [0, 0.1) is 5.92 Å². The number of aromatic nitrogens is 1. The molecular formula is C22H27N3O3. The Kier molecular flexibility index (Phi) is 6.63. The van der Waals surface area contributed by atoms with Crippen molar-refractivity contribution in [1.82, 2.24) is 15.0 Å². The fraction of sp³-hybridized carbons (Fsp3) is 0.409. The van der Waals surface area contributed by atoms with E-state index in [9.17, 15) is 9.59 Å². The van der Waals surface area contributed by atoms with Gasteiger partial charge in [-0.2, -0.15) is 0 Å². The van der Waals surface area contributed by atoms with Gasteiger partial charge in [-0.3, -0.25) is 9.59 Å². The maximum absolute atomic E-state index is 12.7. The average Bonchev–Trinajstić information content (AvgIpc) is 3.22. The van der Waals surface area contributed by atoms with E-state index in [-0.39, 0.29) is 17.7 Å². The molecule has 1 fully saturated rings. The molecule has 6 heteroatoms. The van der Waals surface area contributed by atoms with Gasteiger partial charge in [0.05, 0.1) is 5.92 Å². The van der Waals surface area contributed by atoms with Crippen LogP contribution in [0.15, 0.2) is 53.6 Å². The number of benzene rings is 1. The van der Waals surface area contributed by atoms with Gasteiger partial charge < -0.3 is 14.3 Å². The minimum atomic E-state index is -0.127. The standard InChI is InChI=1S/C22H27N3O3/c1-3-21(26)25-14-7-11-18(16-25)22(27)24(2)13-8-12-19-15-20(23-28-19)17-9-5-4-6-10-17/h3-6,9-10,15,18H,1,7-8,11-14,16H2,2H3/t18-/m1/s1. The lowest BCUT2D eigenvalue weighted by Crippen LogP contribution is -2.45. The van der Waals surface area contributed by atoms with E-state index in [0.717, 1.165) is 42.7 Å². The normalized spacial score (nSPS) is 16.6. The van der Waals surface area contributed by atoms with Crippen molar-refractivity contribution in [2.24, 2.45) is 5.92 Å². The molecule has 28 heavy (non-hydrogen) atoms. The fourth-order valence-electron chi connectivity index (χ4n) is 3.60. The maximum Gasteiger partial charge on any atom is 0.245 e. The van der Waals surface area contributed by atoms with E-state index in [2.05, 4.69) is 11.7 Å². The third-order valence-electron chi connectivity index (χ3n) is 5.18. The van der Waals surface area contributed by atoms with Crippen molar-refractivity contribution in [2.75, 3.05) is 26.7 Å². The number of hydrogen-bond donors (Lipinski definition) is 0. The molecule has 6 nitrogen and oxygen atoms in total. The summed E-state index contributed by atoms with van der Waals surface area (Å²) in [5.41, 5.74) is 1.86. The number of likely N-dealkylation sites (tertiary alicyclic amines) is 1. The van der Waals surface area contributed by atoms with Gasteiger partial charge in [-0.25, -0.2) is 0 Å². The molecule has 1 atom stereocenters. The predicted molar refractivity (Wildman–Crippen MR) is 107 cm³/mol. The second-order valence-electron chi connectivity index (χ2n) is 7.24. The number of carbonyl (C=O) groups excluding carboxylic acids is 2. The first-order valence-corrected chi connectivity index (χ1v) is 9.76. The monoisotopic (exact) mass is 381 g/mol. The summed E-state index contributed by atoms with van der Waals surface area (Å²) in [6.07, 6.45) is 4.52. The second-order valence-corrected chi connectivity index (χ2v) is 7.24. The Balaban J connectivity index is 1.47. The molecule has 1 aliphatic rings. The van der Waals surface area contributed by atoms with E-state index in [1.807, 2.05) is 43.4 Å². The van der Waals surface area contributed by atoms with Gasteiger partial charge in [-0.15, -0.1) is 0 Å². The molecular weight excluding hydrogens is 354 g/mol. The zero-order valence-electron chi connectivity index (χ0n) is 16.3. The average molecular weight is 381 g/mol. The van der Waals surface area contributed by atoms with Crippen LogP contribution in [0.3, 0.4) is 0 Å². The molecule has 0 saturated carbocycles. The Labute approximate surface area is 165 Å². The van der Waals surface area contributed by atoms with Crippen LogP contribution < -0.4 is 0 Å². The zero-order valence-corrected chi connectivity index (χ0v) is 16.3. The first-order chi connectivity index (χ1) is 13.6. The third-order valence-corrected chi connectivity index (χ3v) is 5.18. The number of aryl methyl sites for hydroxylation is 1. The molecule has 1 aromatic heterocycles. The van der Waals surface area contributed by atoms with Crippen molar-refractivity contribution in [3.63, 3.8) is 0 Å². The van der Waals surface area contributed by atoms with Gasteiger partial charge in [-0.05, 0) is 25.3 Å². The van der Waals surface area contributed by atoms with Crippen molar-refractivity contribution in [1.29, 1.82) is 0 Å². The van der Waals surface area contributed by atoms with Crippen molar-refractivity contribution in [2.45, 2.75) is 25.7 Å². The highest BCUT2D eigenvalue weighted by atomic mass is 16.5.